The molecule has 0 aliphatic heterocycles. The Morgan fingerprint density at radius 2 is 2.00 bits per heavy atom. The summed E-state index contributed by atoms with van der Waals surface area (Å²) in [5, 5.41) is 3.28. The average molecular weight is 250 g/mol. The molecule has 1 rings (SSSR count). The van der Waals surface area contributed by atoms with Gasteiger partial charge in [-0.3, -0.25) is 4.98 Å². The van der Waals surface area contributed by atoms with E-state index < -0.39 is 0 Å². The van der Waals surface area contributed by atoms with Crippen molar-refractivity contribution in [3.63, 3.8) is 0 Å². The van der Waals surface area contributed by atoms with Gasteiger partial charge in [-0.05, 0) is 25.5 Å². The van der Waals surface area contributed by atoms with E-state index in [9.17, 15) is 0 Å². The van der Waals surface area contributed by atoms with Crippen LogP contribution in [0.1, 0.15) is 51.6 Å². The first-order valence-electron chi connectivity index (χ1n) is 7.13. The van der Waals surface area contributed by atoms with Gasteiger partial charge in [-0.25, -0.2) is 0 Å². The second-order valence-corrected chi connectivity index (χ2v) is 4.53. The minimum atomic E-state index is 0.618. The molecule has 0 radical (unpaired) electrons. The van der Waals surface area contributed by atoms with Crippen molar-refractivity contribution in [2.45, 2.75) is 52.6 Å². The average Bonchev–Trinajstić information content (AvgIpc) is 2.39. The van der Waals surface area contributed by atoms with E-state index in [4.69, 9.17) is 4.74 Å². The molecule has 1 aromatic heterocycles. The molecule has 3 nitrogen and oxygen atoms in total. The molecule has 0 aliphatic rings. The summed E-state index contributed by atoms with van der Waals surface area (Å²) in [5.41, 5.74) is 2.12. The third-order valence-electron chi connectivity index (χ3n) is 2.84. The van der Waals surface area contributed by atoms with Gasteiger partial charge in [-0.2, -0.15) is 0 Å². The minimum absolute atomic E-state index is 0.618. The fourth-order valence-electron chi connectivity index (χ4n) is 1.86. The highest BCUT2D eigenvalue weighted by Crippen LogP contribution is 2.09. The van der Waals surface area contributed by atoms with E-state index >= 15 is 0 Å². The summed E-state index contributed by atoms with van der Waals surface area (Å²) >= 11 is 0. The van der Waals surface area contributed by atoms with E-state index in [0.29, 0.717) is 6.61 Å². The van der Waals surface area contributed by atoms with Crippen LogP contribution in [0.2, 0.25) is 0 Å². The van der Waals surface area contributed by atoms with Crippen molar-refractivity contribution in [2.24, 2.45) is 0 Å². The van der Waals surface area contributed by atoms with Gasteiger partial charge in [0, 0.05) is 25.0 Å². The number of aromatic nitrogens is 1. The Labute approximate surface area is 111 Å². The molecule has 1 heterocycles. The van der Waals surface area contributed by atoms with Crippen molar-refractivity contribution in [3.05, 3.63) is 24.0 Å². The first-order chi connectivity index (χ1) is 8.86. The van der Waals surface area contributed by atoms with Crippen LogP contribution in [0.15, 0.2) is 18.3 Å². The lowest BCUT2D eigenvalue weighted by atomic mass is 10.2. The molecule has 0 bridgehead atoms. The maximum absolute atomic E-state index is 5.64. The highest BCUT2D eigenvalue weighted by molar-refractivity contribution is 5.42. The molecule has 1 N–H and O–H groups in total. The second-order valence-electron chi connectivity index (χ2n) is 4.53. The predicted octanol–water partition coefficient (Wildman–Crippen LogP) is 4.00. The van der Waals surface area contributed by atoms with Gasteiger partial charge >= 0.3 is 0 Å². The number of ether oxygens (including phenoxy) is 1. The zero-order valence-corrected chi connectivity index (χ0v) is 11.7. The first kappa shape index (κ1) is 15.0. The van der Waals surface area contributed by atoms with Crippen LogP contribution in [0, 0.1) is 0 Å². The van der Waals surface area contributed by atoms with Gasteiger partial charge < -0.3 is 10.1 Å². The van der Waals surface area contributed by atoms with Crippen molar-refractivity contribution < 1.29 is 4.74 Å². The SMILES string of the molecule is CCCCCCCOCc1cc(NCC)ccn1. The van der Waals surface area contributed by atoms with Gasteiger partial charge in [0.25, 0.3) is 0 Å². The van der Waals surface area contributed by atoms with Gasteiger partial charge in [0.2, 0.25) is 0 Å². The van der Waals surface area contributed by atoms with Crippen LogP contribution in [0.25, 0.3) is 0 Å². The van der Waals surface area contributed by atoms with Crippen LogP contribution >= 0.6 is 0 Å². The highest BCUT2D eigenvalue weighted by Gasteiger charge is 1.97. The third-order valence-corrected chi connectivity index (χ3v) is 2.84. The Morgan fingerprint density at radius 3 is 2.78 bits per heavy atom. The summed E-state index contributed by atoms with van der Waals surface area (Å²) in [4.78, 5) is 4.30. The highest BCUT2D eigenvalue weighted by atomic mass is 16.5. The normalized spacial score (nSPS) is 10.6. The minimum Gasteiger partial charge on any atom is -0.385 e. The number of hydrogen-bond acceptors (Lipinski definition) is 3. The summed E-state index contributed by atoms with van der Waals surface area (Å²) in [6.45, 7) is 6.72. The number of nitrogens with zero attached hydrogens (tertiary/aromatic N) is 1. The Balaban J connectivity index is 2.13. The van der Waals surface area contributed by atoms with E-state index in [0.717, 1.165) is 31.0 Å². The summed E-state index contributed by atoms with van der Waals surface area (Å²) in [5.74, 6) is 0. The molecule has 0 aliphatic carbocycles. The van der Waals surface area contributed by atoms with Crippen molar-refractivity contribution in [1.29, 1.82) is 0 Å². The molecule has 1 aromatic rings. The molecule has 0 fully saturated rings. The van der Waals surface area contributed by atoms with Crippen molar-refractivity contribution in [2.75, 3.05) is 18.5 Å². The van der Waals surface area contributed by atoms with Crippen molar-refractivity contribution >= 4 is 5.69 Å². The molecule has 0 spiro atoms. The van der Waals surface area contributed by atoms with Gasteiger partial charge in [0.05, 0.1) is 12.3 Å². The number of pyridine rings is 1. The standard InChI is InChI=1S/C15H26N2O/c1-3-5-6-7-8-11-18-13-15-12-14(16-4-2)9-10-17-15/h9-10,12H,3-8,11,13H2,1-2H3,(H,16,17). The van der Waals surface area contributed by atoms with Crippen molar-refractivity contribution in [3.8, 4) is 0 Å². The molecular weight excluding hydrogens is 224 g/mol. The Morgan fingerprint density at radius 1 is 1.17 bits per heavy atom. The predicted molar refractivity (Wildman–Crippen MR) is 76.8 cm³/mol. The molecule has 0 saturated carbocycles. The molecule has 0 unspecified atom stereocenters. The lowest BCUT2D eigenvalue weighted by Gasteiger charge is -2.06. The van der Waals surface area contributed by atoms with E-state index in [1.54, 1.807) is 0 Å². The number of nitrogens with one attached hydrogen (secondary N) is 1. The molecular formula is C15H26N2O. The zero-order valence-electron chi connectivity index (χ0n) is 11.7. The van der Waals surface area contributed by atoms with Gasteiger partial charge in [-0.1, -0.05) is 32.6 Å². The maximum Gasteiger partial charge on any atom is 0.0888 e. The second kappa shape index (κ2) is 9.89. The van der Waals surface area contributed by atoms with Gasteiger partial charge in [-0.15, -0.1) is 0 Å². The van der Waals surface area contributed by atoms with Gasteiger partial charge in [0.1, 0.15) is 0 Å². The van der Waals surface area contributed by atoms with E-state index in [-0.39, 0.29) is 0 Å². The van der Waals surface area contributed by atoms with E-state index in [2.05, 4.69) is 30.2 Å². The van der Waals surface area contributed by atoms with E-state index in [1.807, 2.05) is 12.3 Å². The molecule has 0 saturated heterocycles. The molecule has 18 heavy (non-hydrogen) atoms. The maximum atomic E-state index is 5.64. The number of anilines is 1. The Hall–Kier alpha value is -1.09. The first-order valence-corrected chi connectivity index (χ1v) is 7.13. The molecule has 3 heteroatoms. The van der Waals surface area contributed by atoms with Crippen LogP contribution in [-0.2, 0) is 11.3 Å². The summed E-state index contributed by atoms with van der Waals surface area (Å²) < 4.78 is 5.64. The summed E-state index contributed by atoms with van der Waals surface area (Å²) in [6, 6.07) is 4.04. The fourth-order valence-corrected chi connectivity index (χ4v) is 1.86. The quantitative estimate of drug-likeness (QED) is 0.637. The van der Waals surface area contributed by atoms with E-state index in [1.165, 1.54) is 25.7 Å². The van der Waals surface area contributed by atoms with Crippen LogP contribution in [0.4, 0.5) is 5.69 Å². The van der Waals surface area contributed by atoms with Crippen LogP contribution < -0.4 is 5.32 Å². The largest absolute Gasteiger partial charge is 0.385 e. The third kappa shape index (κ3) is 6.60. The fraction of sp³-hybridized carbons (Fsp3) is 0.667. The Bertz CT molecular complexity index is 315. The number of rotatable bonds is 10. The zero-order chi connectivity index (χ0) is 13.1. The molecule has 0 amide bonds. The summed E-state index contributed by atoms with van der Waals surface area (Å²) in [7, 11) is 0. The smallest absolute Gasteiger partial charge is 0.0888 e. The molecule has 0 atom stereocenters. The lowest BCUT2D eigenvalue weighted by molar-refractivity contribution is 0.114. The molecule has 0 aromatic carbocycles. The van der Waals surface area contributed by atoms with Crippen LogP contribution in [-0.4, -0.2) is 18.1 Å². The lowest BCUT2D eigenvalue weighted by Crippen LogP contribution is -2.01. The van der Waals surface area contributed by atoms with Gasteiger partial charge in [0.15, 0.2) is 0 Å². The van der Waals surface area contributed by atoms with Crippen LogP contribution in [0.5, 0.6) is 0 Å². The molecule has 102 valence electrons. The van der Waals surface area contributed by atoms with Crippen molar-refractivity contribution in [1.82, 2.24) is 4.98 Å². The number of unbranched alkanes of at least 4 members (excludes halogenated alkanes) is 4. The topological polar surface area (TPSA) is 34.1 Å². The number of hydrogen-bond donors (Lipinski definition) is 1. The summed E-state index contributed by atoms with van der Waals surface area (Å²) in [6.07, 6.45) is 8.23. The monoisotopic (exact) mass is 250 g/mol. The van der Waals surface area contributed by atoms with Crippen LogP contribution in [0.3, 0.4) is 0 Å². The Kier molecular flexibility index (Phi) is 8.23.